The Labute approximate surface area is 98.1 Å². The minimum Gasteiger partial charge on any atom is -0.476 e. The number of aryl methyl sites for hydroxylation is 1. The Bertz CT molecular complexity index is 555. The molecule has 0 radical (unpaired) electrons. The van der Waals surface area contributed by atoms with E-state index in [-0.39, 0.29) is 5.69 Å². The van der Waals surface area contributed by atoms with Crippen molar-refractivity contribution in [2.75, 3.05) is 0 Å². The predicted molar refractivity (Wildman–Crippen MR) is 61.9 cm³/mol. The van der Waals surface area contributed by atoms with Gasteiger partial charge in [-0.1, -0.05) is 0 Å². The van der Waals surface area contributed by atoms with Crippen LogP contribution in [0.2, 0.25) is 0 Å². The molecule has 88 valence electrons. The van der Waals surface area contributed by atoms with Crippen LogP contribution in [0.5, 0.6) is 0 Å². The lowest BCUT2D eigenvalue weighted by molar-refractivity contribution is 0.0690. The summed E-state index contributed by atoms with van der Waals surface area (Å²) in [5.41, 5.74) is 2.90. The van der Waals surface area contributed by atoms with Crippen molar-refractivity contribution in [1.29, 1.82) is 0 Å². The molecule has 5 nitrogen and oxygen atoms in total. The molecular weight excluding hydrogens is 218 g/mol. The SMILES string of the molecule is O=C(O)c1nn2c(c1-c1cc[nH]c1)CCCC2. The summed E-state index contributed by atoms with van der Waals surface area (Å²) in [7, 11) is 0. The lowest BCUT2D eigenvalue weighted by Gasteiger charge is -2.14. The summed E-state index contributed by atoms with van der Waals surface area (Å²) < 4.78 is 1.84. The van der Waals surface area contributed by atoms with Crippen molar-refractivity contribution in [1.82, 2.24) is 14.8 Å². The maximum Gasteiger partial charge on any atom is 0.357 e. The van der Waals surface area contributed by atoms with Crippen molar-refractivity contribution in [3.05, 3.63) is 29.8 Å². The number of aromatic amines is 1. The highest BCUT2D eigenvalue weighted by Crippen LogP contribution is 2.31. The first-order chi connectivity index (χ1) is 8.27. The molecule has 17 heavy (non-hydrogen) atoms. The summed E-state index contributed by atoms with van der Waals surface area (Å²) in [5, 5.41) is 13.4. The van der Waals surface area contributed by atoms with Gasteiger partial charge in [-0.3, -0.25) is 4.68 Å². The number of rotatable bonds is 2. The van der Waals surface area contributed by atoms with Gasteiger partial charge in [-0.25, -0.2) is 4.79 Å². The highest BCUT2D eigenvalue weighted by atomic mass is 16.4. The van der Waals surface area contributed by atoms with Gasteiger partial charge in [0.25, 0.3) is 0 Å². The average molecular weight is 231 g/mol. The first-order valence-corrected chi connectivity index (χ1v) is 5.73. The number of hydrogen-bond donors (Lipinski definition) is 2. The zero-order chi connectivity index (χ0) is 11.8. The molecular formula is C12H13N3O2. The van der Waals surface area contributed by atoms with E-state index in [0.29, 0.717) is 0 Å². The Kier molecular flexibility index (Phi) is 2.24. The molecule has 2 N–H and O–H groups in total. The van der Waals surface area contributed by atoms with Gasteiger partial charge in [0.15, 0.2) is 5.69 Å². The molecule has 1 aliphatic rings. The average Bonchev–Trinajstić information content (AvgIpc) is 2.94. The number of H-pyrrole nitrogens is 1. The Morgan fingerprint density at radius 1 is 1.47 bits per heavy atom. The number of aromatic nitrogens is 3. The van der Waals surface area contributed by atoms with Gasteiger partial charge in [-0.15, -0.1) is 0 Å². The van der Waals surface area contributed by atoms with Crippen LogP contribution in [0.4, 0.5) is 0 Å². The van der Waals surface area contributed by atoms with Crippen LogP contribution in [0.1, 0.15) is 29.0 Å². The van der Waals surface area contributed by atoms with E-state index in [4.69, 9.17) is 0 Å². The normalized spacial score (nSPS) is 14.6. The number of nitrogens with one attached hydrogen (secondary N) is 1. The monoisotopic (exact) mass is 231 g/mol. The molecule has 0 atom stereocenters. The highest BCUT2D eigenvalue weighted by Gasteiger charge is 2.25. The van der Waals surface area contributed by atoms with E-state index in [1.54, 1.807) is 6.20 Å². The van der Waals surface area contributed by atoms with Crippen molar-refractivity contribution < 1.29 is 9.90 Å². The molecule has 1 aliphatic heterocycles. The fourth-order valence-corrected chi connectivity index (χ4v) is 2.42. The molecule has 3 heterocycles. The van der Waals surface area contributed by atoms with Crippen LogP contribution in [-0.2, 0) is 13.0 Å². The number of aromatic carboxylic acids is 1. The largest absolute Gasteiger partial charge is 0.476 e. The van der Waals surface area contributed by atoms with E-state index in [1.165, 1.54) is 0 Å². The first-order valence-electron chi connectivity index (χ1n) is 5.73. The lowest BCUT2D eigenvalue weighted by atomic mass is 10.0. The number of nitrogens with zero attached hydrogens (tertiary/aromatic N) is 2. The quantitative estimate of drug-likeness (QED) is 0.829. The molecule has 2 aromatic rings. The van der Waals surface area contributed by atoms with E-state index in [2.05, 4.69) is 10.1 Å². The summed E-state index contributed by atoms with van der Waals surface area (Å²) >= 11 is 0. The van der Waals surface area contributed by atoms with Crippen molar-refractivity contribution in [2.24, 2.45) is 0 Å². The topological polar surface area (TPSA) is 70.9 Å². The summed E-state index contributed by atoms with van der Waals surface area (Å²) in [6.07, 6.45) is 6.69. The van der Waals surface area contributed by atoms with Crippen LogP contribution in [0, 0.1) is 0 Å². The van der Waals surface area contributed by atoms with Crippen molar-refractivity contribution in [2.45, 2.75) is 25.8 Å². The van der Waals surface area contributed by atoms with Gasteiger partial charge in [0.05, 0.1) is 0 Å². The van der Waals surface area contributed by atoms with Crippen LogP contribution in [-0.4, -0.2) is 25.8 Å². The number of carboxylic acids is 1. The third-order valence-electron chi connectivity index (χ3n) is 3.18. The van der Waals surface area contributed by atoms with Gasteiger partial charge < -0.3 is 10.1 Å². The molecule has 0 saturated heterocycles. The summed E-state index contributed by atoms with van der Waals surface area (Å²) in [4.78, 5) is 14.2. The van der Waals surface area contributed by atoms with Gasteiger partial charge in [0.1, 0.15) is 0 Å². The fourth-order valence-electron chi connectivity index (χ4n) is 2.42. The van der Waals surface area contributed by atoms with E-state index in [9.17, 15) is 9.90 Å². The van der Waals surface area contributed by atoms with Gasteiger partial charge >= 0.3 is 5.97 Å². The molecule has 0 fully saturated rings. The minimum absolute atomic E-state index is 0.168. The molecule has 0 amide bonds. The summed E-state index contributed by atoms with van der Waals surface area (Å²) in [6, 6.07) is 1.89. The summed E-state index contributed by atoms with van der Waals surface area (Å²) in [6.45, 7) is 0.819. The molecule has 0 saturated carbocycles. The highest BCUT2D eigenvalue weighted by molar-refractivity contribution is 5.94. The second-order valence-corrected chi connectivity index (χ2v) is 4.26. The van der Waals surface area contributed by atoms with E-state index >= 15 is 0 Å². The van der Waals surface area contributed by atoms with Crippen LogP contribution in [0.15, 0.2) is 18.5 Å². The molecule has 0 bridgehead atoms. The van der Waals surface area contributed by atoms with E-state index in [0.717, 1.165) is 42.6 Å². The third-order valence-corrected chi connectivity index (χ3v) is 3.18. The zero-order valence-electron chi connectivity index (χ0n) is 9.31. The Hall–Kier alpha value is -2.04. The molecule has 0 spiro atoms. The number of fused-ring (bicyclic) bond motifs is 1. The number of carboxylic acid groups (broad SMARTS) is 1. The maximum atomic E-state index is 11.2. The zero-order valence-corrected chi connectivity index (χ0v) is 9.31. The Morgan fingerprint density at radius 2 is 2.35 bits per heavy atom. The van der Waals surface area contributed by atoms with E-state index in [1.807, 2.05) is 16.9 Å². The van der Waals surface area contributed by atoms with Crippen molar-refractivity contribution in [3.63, 3.8) is 0 Å². The van der Waals surface area contributed by atoms with Crippen LogP contribution in [0.25, 0.3) is 11.1 Å². The minimum atomic E-state index is -0.955. The standard InChI is InChI=1S/C12H13N3O2/c16-12(17)11-10(8-4-5-13-7-8)9-3-1-2-6-15(9)14-11/h4-5,7,13H,1-3,6H2,(H,16,17). The predicted octanol–water partition coefficient (Wildman–Crippen LogP) is 1.91. The Morgan fingerprint density at radius 3 is 3.06 bits per heavy atom. The summed E-state index contributed by atoms with van der Waals surface area (Å²) in [5.74, 6) is -0.955. The van der Waals surface area contributed by atoms with Crippen molar-refractivity contribution >= 4 is 5.97 Å². The molecule has 2 aromatic heterocycles. The third kappa shape index (κ3) is 1.54. The van der Waals surface area contributed by atoms with E-state index < -0.39 is 5.97 Å². The van der Waals surface area contributed by atoms with Crippen LogP contribution < -0.4 is 0 Å². The molecule has 3 rings (SSSR count). The van der Waals surface area contributed by atoms with Gasteiger partial charge in [-0.2, -0.15) is 5.10 Å². The molecule has 0 unspecified atom stereocenters. The second kappa shape index (κ2) is 3.76. The van der Waals surface area contributed by atoms with Crippen LogP contribution >= 0.6 is 0 Å². The van der Waals surface area contributed by atoms with Gasteiger partial charge in [0.2, 0.25) is 0 Å². The lowest BCUT2D eigenvalue weighted by Crippen LogP contribution is -2.11. The van der Waals surface area contributed by atoms with Gasteiger partial charge in [-0.05, 0) is 25.3 Å². The number of hydrogen-bond acceptors (Lipinski definition) is 2. The first kappa shape index (κ1) is 10.1. The van der Waals surface area contributed by atoms with Crippen LogP contribution in [0.3, 0.4) is 0 Å². The Balaban J connectivity index is 2.23. The van der Waals surface area contributed by atoms with Gasteiger partial charge in [0, 0.05) is 35.8 Å². The molecule has 5 heteroatoms. The maximum absolute atomic E-state index is 11.2. The fraction of sp³-hybridized carbons (Fsp3) is 0.333. The molecule has 0 aromatic carbocycles. The smallest absolute Gasteiger partial charge is 0.357 e. The molecule has 0 aliphatic carbocycles. The number of carbonyl (C=O) groups is 1. The second-order valence-electron chi connectivity index (χ2n) is 4.26. The van der Waals surface area contributed by atoms with Crippen molar-refractivity contribution in [3.8, 4) is 11.1 Å².